The van der Waals surface area contributed by atoms with E-state index in [4.69, 9.17) is 5.11 Å². The van der Waals surface area contributed by atoms with Crippen LogP contribution in [0.1, 0.15) is 10.4 Å². The highest BCUT2D eigenvalue weighted by atomic mass is 19.1. The second-order valence-electron chi connectivity index (χ2n) is 3.33. The van der Waals surface area contributed by atoms with Crippen LogP contribution in [-0.2, 0) is 0 Å². The lowest BCUT2D eigenvalue weighted by Crippen LogP contribution is -2.04. The van der Waals surface area contributed by atoms with E-state index in [-0.39, 0.29) is 11.3 Å². The number of benzene rings is 1. The number of carboxylic acid groups (broad SMARTS) is 1. The Balaban J connectivity index is 2.41. The van der Waals surface area contributed by atoms with Crippen LogP contribution in [0.2, 0.25) is 0 Å². The summed E-state index contributed by atoms with van der Waals surface area (Å²) in [5, 5.41) is 11.6. The zero-order valence-corrected chi connectivity index (χ0v) is 8.72. The van der Waals surface area contributed by atoms with Gasteiger partial charge < -0.3 is 10.4 Å². The van der Waals surface area contributed by atoms with E-state index in [1.54, 1.807) is 18.3 Å². The first-order valence-corrected chi connectivity index (χ1v) is 4.87. The Morgan fingerprint density at radius 1 is 1.29 bits per heavy atom. The summed E-state index contributed by atoms with van der Waals surface area (Å²) in [6.45, 7) is 0. The van der Waals surface area contributed by atoms with Crippen LogP contribution in [0.25, 0.3) is 0 Å². The molecule has 0 atom stereocenters. The van der Waals surface area contributed by atoms with E-state index in [0.29, 0.717) is 5.69 Å². The molecular weight excluding hydrogens is 223 g/mol. The second-order valence-corrected chi connectivity index (χ2v) is 3.33. The summed E-state index contributed by atoms with van der Waals surface area (Å²) in [4.78, 5) is 14.8. The maximum atomic E-state index is 13.5. The smallest absolute Gasteiger partial charge is 0.337 e. The molecule has 0 saturated heterocycles. The molecule has 1 aromatic carbocycles. The lowest BCUT2D eigenvalue weighted by atomic mass is 10.1. The lowest BCUT2D eigenvalue weighted by molar-refractivity contribution is 0.0697. The van der Waals surface area contributed by atoms with Gasteiger partial charge in [-0.3, -0.25) is 4.98 Å². The van der Waals surface area contributed by atoms with E-state index in [9.17, 15) is 9.18 Å². The fourth-order valence-corrected chi connectivity index (χ4v) is 1.41. The van der Waals surface area contributed by atoms with Gasteiger partial charge in [0.2, 0.25) is 0 Å². The maximum absolute atomic E-state index is 13.5. The molecule has 0 fully saturated rings. The third-order valence-corrected chi connectivity index (χ3v) is 2.17. The van der Waals surface area contributed by atoms with Crippen molar-refractivity contribution in [3.63, 3.8) is 0 Å². The molecule has 86 valence electrons. The molecule has 0 saturated carbocycles. The molecule has 5 heteroatoms. The van der Waals surface area contributed by atoms with Crippen LogP contribution in [0, 0.1) is 5.82 Å². The molecule has 0 aliphatic rings. The predicted molar refractivity (Wildman–Crippen MR) is 60.9 cm³/mol. The van der Waals surface area contributed by atoms with Crippen molar-refractivity contribution in [1.82, 2.24) is 4.98 Å². The van der Waals surface area contributed by atoms with Crippen molar-refractivity contribution in [3.8, 4) is 0 Å². The molecule has 1 heterocycles. The highest BCUT2D eigenvalue weighted by Crippen LogP contribution is 2.23. The van der Waals surface area contributed by atoms with Gasteiger partial charge in [-0.15, -0.1) is 0 Å². The van der Waals surface area contributed by atoms with Gasteiger partial charge in [0.1, 0.15) is 5.82 Å². The van der Waals surface area contributed by atoms with Crippen LogP contribution in [0.5, 0.6) is 0 Å². The highest BCUT2D eigenvalue weighted by molar-refractivity contribution is 5.95. The summed E-state index contributed by atoms with van der Waals surface area (Å²) >= 11 is 0. The summed E-state index contributed by atoms with van der Waals surface area (Å²) < 4.78 is 13.5. The Morgan fingerprint density at radius 3 is 2.76 bits per heavy atom. The minimum Gasteiger partial charge on any atom is -0.478 e. The summed E-state index contributed by atoms with van der Waals surface area (Å²) in [6, 6.07) is 7.23. The maximum Gasteiger partial charge on any atom is 0.337 e. The molecule has 0 aliphatic heterocycles. The van der Waals surface area contributed by atoms with E-state index >= 15 is 0 Å². The molecule has 0 unspecified atom stereocenters. The highest BCUT2D eigenvalue weighted by Gasteiger charge is 2.14. The van der Waals surface area contributed by atoms with Crippen molar-refractivity contribution in [1.29, 1.82) is 0 Å². The van der Waals surface area contributed by atoms with Gasteiger partial charge in [0, 0.05) is 6.20 Å². The Hall–Kier alpha value is -2.43. The molecule has 4 nitrogen and oxygen atoms in total. The first-order chi connectivity index (χ1) is 8.18. The Kier molecular flexibility index (Phi) is 3.00. The Labute approximate surface area is 96.7 Å². The molecule has 0 spiro atoms. The molecule has 0 aliphatic carbocycles. The van der Waals surface area contributed by atoms with Crippen molar-refractivity contribution in [3.05, 3.63) is 54.1 Å². The first kappa shape index (κ1) is 11.1. The molecule has 0 radical (unpaired) electrons. The van der Waals surface area contributed by atoms with Gasteiger partial charge in [0.25, 0.3) is 0 Å². The van der Waals surface area contributed by atoms with Crippen LogP contribution in [-0.4, -0.2) is 16.1 Å². The molecule has 0 bridgehead atoms. The number of carbonyl (C=O) groups is 1. The van der Waals surface area contributed by atoms with Gasteiger partial charge in [-0.2, -0.15) is 0 Å². The zero-order valence-electron chi connectivity index (χ0n) is 8.72. The number of para-hydroxylation sites is 1. The molecule has 17 heavy (non-hydrogen) atoms. The van der Waals surface area contributed by atoms with Gasteiger partial charge in [-0.05, 0) is 24.3 Å². The van der Waals surface area contributed by atoms with Gasteiger partial charge in [0.15, 0.2) is 0 Å². The topological polar surface area (TPSA) is 62.2 Å². The van der Waals surface area contributed by atoms with E-state index in [1.165, 1.54) is 24.4 Å². The molecular formula is C12H9FN2O2. The predicted octanol–water partition coefficient (Wildman–Crippen LogP) is 2.66. The number of hydrogen-bond donors (Lipinski definition) is 2. The van der Waals surface area contributed by atoms with Crippen LogP contribution in [0.15, 0.2) is 42.7 Å². The normalized spacial score (nSPS) is 9.94. The fraction of sp³-hybridized carbons (Fsp3) is 0. The van der Waals surface area contributed by atoms with Crippen LogP contribution < -0.4 is 5.32 Å². The van der Waals surface area contributed by atoms with Crippen molar-refractivity contribution in [2.45, 2.75) is 0 Å². The summed E-state index contributed by atoms with van der Waals surface area (Å²) in [5.74, 6) is -1.80. The number of carboxylic acids is 1. The van der Waals surface area contributed by atoms with Crippen molar-refractivity contribution in [2.75, 3.05) is 5.32 Å². The third-order valence-electron chi connectivity index (χ3n) is 2.17. The number of hydrogen-bond acceptors (Lipinski definition) is 3. The van der Waals surface area contributed by atoms with Crippen molar-refractivity contribution >= 4 is 17.3 Å². The number of nitrogens with zero attached hydrogens (tertiary/aromatic N) is 1. The number of aromatic nitrogens is 1. The molecule has 2 rings (SSSR count). The average Bonchev–Trinajstić information content (AvgIpc) is 2.33. The number of halogens is 1. The second kappa shape index (κ2) is 4.61. The van der Waals surface area contributed by atoms with Crippen molar-refractivity contribution < 1.29 is 14.3 Å². The Bertz CT molecular complexity index is 543. The number of rotatable bonds is 3. The lowest BCUT2D eigenvalue weighted by Gasteiger charge is -2.09. The van der Waals surface area contributed by atoms with Crippen LogP contribution in [0.3, 0.4) is 0 Å². The number of aromatic carboxylic acids is 1. The standard InChI is InChI=1S/C12H9FN2O2/c13-10-5-1-4-9(12(16)17)11(10)15-8-3-2-6-14-7-8/h1-7,15H,(H,16,17). The van der Waals surface area contributed by atoms with E-state index in [2.05, 4.69) is 10.3 Å². The number of pyridine rings is 1. The van der Waals surface area contributed by atoms with Gasteiger partial charge in [0.05, 0.1) is 23.1 Å². The number of anilines is 2. The SMILES string of the molecule is O=C(O)c1cccc(F)c1Nc1cccnc1. The average molecular weight is 232 g/mol. The minimum absolute atomic E-state index is 0.0620. The summed E-state index contributed by atoms with van der Waals surface area (Å²) in [7, 11) is 0. The molecule has 2 N–H and O–H groups in total. The molecule has 0 amide bonds. The third kappa shape index (κ3) is 2.39. The Morgan fingerprint density at radius 2 is 2.12 bits per heavy atom. The van der Waals surface area contributed by atoms with Crippen LogP contribution in [0.4, 0.5) is 15.8 Å². The molecule has 1 aromatic heterocycles. The summed E-state index contributed by atoms with van der Waals surface area (Å²) in [5.41, 5.74) is 0.349. The zero-order chi connectivity index (χ0) is 12.3. The van der Waals surface area contributed by atoms with Crippen molar-refractivity contribution in [2.24, 2.45) is 0 Å². The monoisotopic (exact) mass is 232 g/mol. The minimum atomic E-state index is -1.18. The van der Waals surface area contributed by atoms with Gasteiger partial charge >= 0.3 is 5.97 Å². The fourth-order valence-electron chi connectivity index (χ4n) is 1.41. The largest absolute Gasteiger partial charge is 0.478 e. The van der Waals surface area contributed by atoms with E-state index in [1.807, 2.05) is 0 Å². The van der Waals surface area contributed by atoms with Gasteiger partial charge in [-0.25, -0.2) is 9.18 Å². The number of nitrogens with one attached hydrogen (secondary N) is 1. The van der Waals surface area contributed by atoms with Crippen LogP contribution >= 0.6 is 0 Å². The molecule has 2 aromatic rings. The van der Waals surface area contributed by atoms with Gasteiger partial charge in [-0.1, -0.05) is 6.07 Å². The first-order valence-electron chi connectivity index (χ1n) is 4.87. The summed E-state index contributed by atoms with van der Waals surface area (Å²) in [6.07, 6.45) is 3.06. The quantitative estimate of drug-likeness (QED) is 0.853. The van der Waals surface area contributed by atoms with E-state index in [0.717, 1.165) is 0 Å². The van der Waals surface area contributed by atoms with E-state index < -0.39 is 11.8 Å².